The Morgan fingerprint density at radius 2 is 1.57 bits per heavy atom. The molecular weight excluding hydrogens is 466 g/mol. The number of hydrogen-bond donors (Lipinski definition) is 2. The van der Waals surface area contributed by atoms with E-state index in [1.165, 1.54) is 0 Å². The highest BCUT2D eigenvalue weighted by Crippen LogP contribution is 2.67. The highest BCUT2D eigenvalue weighted by Gasteiger charge is 2.81. The van der Waals surface area contributed by atoms with Crippen molar-refractivity contribution in [3.8, 4) is 5.75 Å². The first-order chi connectivity index (χ1) is 18.1. The lowest BCUT2D eigenvalue weighted by Gasteiger charge is -2.43. The second kappa shape index (κ2) is 7.76. The summed E-state index contributed by atoms with van der Waals surface area (Å²) in [4.78, 5) is 45.7. The van der Waals surface area contributed by atoms with Gasteiger partial charge in [0.25, 0.3) is 5.91 Å². The quantitative estimate of drug-likeness (QED) is 0.535. The molecular formula is C30H27N3O4. The second-order valence-electron chi connectivity index (χ2n) is 10.2. The Morgan fingerprint density at radius 1 is 0.919 bits per heavy atom. The molecule has 4 unspecified atom stereocenters. The Hall–Kier alpha value is -3.97. The summed E-state index contributed by atoms with van der Waals surface area (Å²) in [7, 11) is 0. The van der Waals surface area contributed by atoms with E-state index in [2.05, 4.69) is 15.5 Å². The largest absolute Gasteiger partial charge is 0.493 e. The Labute approximate surface area is 214 Å². The molecule has 3 aromatic rings. The zero-order valence-electron chi connectivity index (χ0n) is 20.5. The van der Waals surface area contributed by atoms with E-state index in [-0.39, 0.29) is 23.6 Å². The van der Waals surface area contributed by atoms with Crippen molar-refractivity contribution in [3.63, 3.8) is 0 Å². The molecule has 4 heterocycles. The number of fused-ring (bicyclic) bond motifs is 7. The van der Waals surface area contributed by atoms with Crippen LogP contribution in [0.25, 0.3) is 0 Å². The van der Waals surface area contributed by atoms with Gasteiger partial charge in [0.15, 0.2) is 5.78 Å². The average Bonchev–Trinajstić information content (AvgIpc) is 3.63. The summed E-state index contributed by atoms with van der Waals surface area (Å²) in [6, 6.07) is 22.0. The van der Waals surface area contributed by atoms with Crippen molar-refractivity contribution in [2.75, 3.05) is 23.8 Å². The molecule has 2 fully saturated rings. The van der Waals surface area contributed by atoms with Crippen molar-refractivity contribution in [1.29, 1.82) is 0 Å². The first kappa shape index (κ1) is 22.2. The van der Waals surface area contributed by atoms with E-state index in [0.29, 0.717) is 41.4 Å². The van der Waals surface area contributed by atoms with Crippen LogP contribution in [0.5, 0.6) is 5.75 Å². The van der Waals surface area contributed by atoms with Crippen molar-refractivity contribution < 1.29 is 19.1 Å². The van der Waals surface area contributed by atoms with Gasteiger partial charge in [-0.25, -0.2) is 0 Å². The molecule has 0 radical (unpaired) electrons. The molecule has 7 nitrogen and oxygen atoms in total. The van der Waals surface area contributed by atoms with Crippen LogP contribution in [-0.4, -0.2) is 41.7 Å². The molecule has 2 N–H and O–H groups in total. The van der Waals surface area contributed by atoms with Crippen molar-refractivity contribution >= 4 is 29.0 Å². The number of para-hydroxylation sites is 3. The van der Waals surface area contributed by atoms with Crippen LogP contribution >= 0.6 is 0 Å². The van der Waals surface area contributed by atoms with Crippen LogP contribution in [0.3, 0.4) is 0 Å². The second-order valence-corrected chi connectivity index (χ2v) is 10.2. The SMILES string of the molecule is CCOc1ccccc1C(=O)C1C2CCCN2C2(C(=O)Nc3ccccc32)C12C(=O)Nc1ccccc12. The molecule has 0 saturated carbocycles. The number of nitrogens with zero attached hydrogens (tertiary/aromatic N) is 1. The fourth-order valence-electron chi connectivity index (χ4n) is 7.65. The molecule has 2 spiro atoms. The fraction of sp³-hybridized carbons (Fsp3) is 0.300. The predicted molar refractivity (Wildman–Crippen MR) is 139 cm³/mol. The number of nitrogens with one attached hydrogen (secondary N) is 2. The lowest BCUT2D eigenvalue weighted by molar-refractivity contribution is -0.137. The van der Waals surface area contributed by atoms with Crippen LogP contribution in [0, 0.1) is 5.92 Å². The van der Waals surface area contributed by atoms with E-state index < -0.39 is 16.9 Å². The van der Waals surface area contributed by atoms with E-state index in [1.54, 1.807) is 12.1 Å². The molecule has 7 rings (SSSR count). The minimum Gasteiger partial charge on any atom is -0.493 e. The maximum atomic E-state index is 14.7. The van der Waals surface area contributed by atoms with Crippen LogP contribution in [0.1, 0.15) is 41.3 Å². The zero-order chi connectivity index (χ0) is 25.4. The van der Waals surface area contributed by atoms with Gasteiger partial charge in [-0.05, 0) is 56.1 Å². The smallest absolute Gasteiger partial charge is 0.251 e. The van der Waals surface area contributed by atoms with Gasteiger partial charge in [0, 0.05) is 23.0 Å². The monoisotopic (exact) mass is 493 g/mol. The molecule has 7 heteroatoms. The normalized spacial score (nSPS) is 29.2. The lowest BCUT2D eigenvalue weighted by atomic mass is 9.57. The van der Waals surface area contributed by atoms with Crippen LogP contribution in [-0.2, 0) is 20.5 Å². The van der Waals surface area contributed by atoms with Gasteiger partial charge in [-0.1, -0.05) is 48.5 Å². The fourth-order valence-corrected chi connectivity index (χ4v) is 7.65. The molecule has 0 bridgehead atoms. The first-order valence-corrected chi connectivity index (χ1v) is 12.9. The van der Waals surface area contributed by atoms with E-state index in [0.717, 1.165) is 18.4 Å². The summed E-state index contributed by atoms with van der Waals surface area (Å²) in [6.07, 6.45) is 1.57. The molecule has 4 atom stereocenters. The number of anilines is 2. The number of benzene rings is 3. The average molecular weight is 494 g/mol. The van der Waals surface area contributed by atoms with Gasteiger partial charge >= 0.3 is 0 Å². The molecule has 2 amide bonds. The third-order valence-corrected chi connectivity index (χ3v) is 8.74. The van der Waals surface area contributed by atoms with Gasteiger partial charge in [0.2, 0.25) is 5.91 Å². The summed E-state index contributed by atoms with van der Waals surface area (Å²) < 4.78 is 5.86. The molecule has 4 aliphatic rings. The lowest BCUT2D eigenvalue weighted by Crippen LogP contribution is -2.62. The number of Topliss-reactive ketones (excluding diaryl/α,β-unsaturated/α-hetero) is 1. The van der Waals surface area contributed by atoms with Gasteiger partial charge in [-0.2, -0.15) is 0 Å². The molecule has 3 aromatic carbocycles. The highest BCUT2D eigenvalue weighted by molar-refractivity contribution is 6.21. The number of rotatable bonds is 4. The van der Waals surface area contributed by atoms with Crippen molar-refractivity contribution in [2.24, 2.45) is 5.92 Å². The maximum Gasteiger partial charge on any atom is 0.251 e. The minimum atomic E-state index is -1.44. The highest BCUT2D eigenvalue weighted by atomic mass is 16.5. The van der Waals surface area contributed by atoms with Crippen molar-refractivity contribution in [1.82, 2.24) is 4.90 Å². The van der Waals surface area contributed by atoms with Crippen LogP contribution in [0.15, 0.2) is 72.8 Å². The third kappa shape index (κ3) is 2.52. The topological polar surface area (TPSA) is 87.7 Å². The van der Waals surface area contributed by atoms with E-state index in [9.17, 15) is 14.4 Å². The van der Waals surface area contributed by atoms with Crippen molar-refractivity contribution in [2.45, 2.75) is 36.8 Å². The zero-order valence-corrected chi connectivity index (χ0v) is 20.5. The molecule has 37 heavy (non-hydrogen) atoms. The van der Waals surface area contributed by atoms with E-state index in [1.807, 2.05) is 67.6 Å². The molecule has 0 aromatic heterocycles. The number of ether oxygens (including phenoxy) is 1. The molecule has 2 saturated heterocycles. The standard InChI is InChI=1S/C30H27N3O4/c1-2-37-24-16-8-3-10-18(24)26(34)25-23-15-9-17-33(23)30(20-12-5-7-14-22(20)32-28(30)36)29(25)19-11-4-6-13-21(19)31-27(29)35/h3-8,10-14,16,23,25H,2,9,15,17H2,1H3,(H,31,35)(H,32,36). The van der Waals surface area contributed by atoms with E-state index in [4.69, 9.17) is 4.74 Å². The summed E-state index contributed by atoms with van der Waals surface area (Å²) in [5.74, 6) is -0.999. The number of ketones is 1. The Morgan fingerprint density at radius 3 is 2.35 bits per heavy atom. The molecule has 4 aliphatic heterocycles. The van der Waals surface area contributed by atoms with Gasteiger partial charge in [-0.3, -0.25) is 19.3 Å². The first-order valence-electron chi connectivity index (χ1n) is 12.9. The third-order valence-electron chi connectivity index (χ3n) is 8.74. The minimum absolute atomic E-state index is 0.165. The summed E-state index contributed by atoms with van der Waals surface area (Å²) in [5, 5.41) is 6.15. The number of carbonyl (C=O) groups excluding carboxylic acids is 3. The molecule has 0 aliphatic carbocycles. The Balaban J connectivity index is 1.57. The predicted octanol–water partition coefficient (Wildman–Crippen LogP) is 4.10. The van der Waals surface area contributed by atoms with Crippen LogP contribution < -0.4 is 15.4 Å². The van der Waals surface area contributed by atoms with Crippen molar-refractivity contribution in [3.05, 3.63) is 89.5 Å². The number of hydrogen-bond acceptors (Lipinski definition) is 5. The Kier molecular flexibility index (Phi) is 4.67. The van der Waals surface area contributed by atoms with Crippen LogP contribution in [0.4, 0.5) is 11.4 Å². The van der Waals surface area contributed by atoms with Gasteiger partial charge in [0.05, 0.1) is 18.1 Å². The van der Waals surface area contributed by atoms with Gasteiger partial charge < -0.3 is 15.4 Å². The summed E-state index contributed by atoms with van der Waals surface area (Å²) in [6.45, 7) is 2.92. The van der Waals surface area contributed by atoms with Crippen LogP contribution in [0.2, 0.25) is 0 Å². The maximum absolute atomic E-state index is 14.7. The number of carbonyl (C=O) groups is 3. The van der Waals surface area contributed by atoms with Gasteiger partial charge in [-0.15, -0.1) is 0 Å². The summed E-state index contributed by atoms with van der Waals surface area (Å²) in [5.41, 5.74) is 0.463. The Bertz CT molecular complexity index is 1480. The number of amides is 2. The summed E-state index contributed by atoms with van der Waals surface area (Å²) >= 11 is 0. The van der Waals surface area contributed by atoms with Gasteiger partial charge in [0.1, 0.15) is 16.7 Å². The van der Waals surface area contributed by atoms with E-state index >= 15 is 0 Å². The molecule has 186 valence electrons.